The molecule has 0 amide bonds. The van der Waals surface area contributed by atoms with Gasteiger partial charge >= 0.3 is 0 Å². The molecule has 0 aliphatic heterocycles. The first-order valence-corrected chi connectivity index (χ1v) is 4.86. The second-order valence-electron chi connectivity index (χ2n) is 2.83. The molecule has 0 saturated heterocycles. The second-order valence-corrected chi connectivity index (χ2v) is 2.83. The fourth-order valence-corrected chi connectivity index (χ4v) is 0.895. The van der Waals surface area contributed by atoms with E-state index in [0.29, 0.717) is 19.6 Å². The average Bonchev–Trinajstić information content (AvgIpc) is 2.16. The lowest BCUT2D eigenvalue weighted by molar-refractivity contribution is -0.0844. The molecule has 5 N–H and O–H groups in total. The molecule has 0 fully saturated rings. The van der Waals surface area contributed by atoms with Crippen molar-refractivity contribution < 1.29 is 5.21 Å². The van der Waals surface area contributed by atoms with Crippen LogP contribution in [0.2, 0.25) is 0 Å². The van der Waals surface area contributed by atoms with E-state index >= 15 is 0 Å². The van der Waals surface area contributed by atoms with Crippen LogP contribution in [-0.2, 0) is 0 Å². The van der Waals surface area contributed by atoms with Gasteiger partial charge in [0.2, 0.25) is 0 Å². The molecule has 0 aliphatic carbocycles. The van der Waals surface area contributed by atoms with E-state index in [2.05, 4.69) is 10.6 Å². The zero-order valence-electron chi connectivity index (χ0n) is 8.42. The van der Waals surface area contributed by atoms with Crippen molar-refractivity contribution in [2.24, 2.45) is 5.73 Å². The summed E-state index contributed by atoms with van der Waals surface area (Å²) >= 11 is 0. The van der Waals surface area contributed by atoms with E-state index in [-0.39, 0.29) is 0 Å². The topological polar surface area (TPSA) is 73.5 Å². The third-order valence-electron chi connectivity index (χ3n) is 1.71. The van der Waals surface area contributed by atoms with Crippen molar-refractivity contribution in [3.8, 4) is 0 Å². The maximum Gasteiger partial charge on any atom is 0.0363 e. The number of likely N-dealkylation sites (N-methyl/N-ethyl adjacent to an activating group) is 1. The molecule has 0 saturated carbocycles. The Morgan fingerprint density at radius 2 is 1.77 bits per heavy atom. The number of nitrogens with two attached hydrogens (primary N) is 1. The van der Waals surface area contributed by atoms with Crippen molar-refractivity contribution in [2.75, 3.05) is 45.8 Å². The Bertz CT molecular complexity index is 102. The zero-order chi connectivity index (χ0) is 9.94. The maximum absolute atomic E-state index is 9.06. The second kappa shape index (κ2) is 9.88. The summed E-state index contributed by atoms with van der Waals surface area (Å²) in [5, 5.41) is 16.7. The van der Waals surface area contributed by atoms with Crippen molar-refractivity contribution in [1.29, 1.82) is 0 Å². The van der Waals surface area contributed by atoms with Crippen LogP contribution >= 0.6 is 0 Å². The molecule has 13 heavy (non-hydrogen) atoms. The van der Waals surface area contributed by atoms with Crippen LogP contribution in [0, 0.1) is 0 Å². The Labute approximate surface area is 80.2 Å². The number of hydrogen-bond donors (Lipinski definition) is 4. The van der Waals surface area contributed by atoms with Gasteiger partial charge in [0.1, 0.15) is 0 Å². The predicted molar refractivity (Wildman–Crippen MR) is 53.8 cm³/mol. The van der Waals surface area contributed by atoms with Gasteiger partial charge in [-0.1, -0.05) is 6.92 Å². The monoisotopic (exact) mass is 190 g/mol. The molecule has 0 radical (unpaired) electrons. The third-order valence-corrected chi connectivity index (χ3v) is 1.71. The molecule has 0 aliphatic rings. The molecule has 0 rings (SSSR count). The molecule has 0 heterocycles. The highest BCUT2D eigenvalue weighted by Gasteiger charge is 1.94. The van der Waals surface area contributed by atoms with Crippen LogP contribution in [0.5, 0.6) is 0 Å². The minimum atomic E-state index is 0.674. The number of hydrogen-bond acceptors (Lipinski definition) is 5. The minimum Gasteiger partial charge on any atom is -0.329 e. The number of hydroxylamine groups is 2. The lowest BCUT2D eigenvalue weighted by Crippen LogP contribution is -2.34. The van der Waals surface area contributed by atoms with Gasteiger partial charge in [0, 0.05) is 45.8 Å². The van der Waals surface area contributed by atoms with Crippen LogP contribution in [0.4, 0.5) is 0 Å². The van der Waals surface area contributed by atoms with Crippen molar-refractivity contribution in [2.45, 2.75) is 6.92 Å². The number of rotatable bonds is 9. The summed E-state index contributed by atoms with van der Waals surface area (Å²) in [7, 11) is 0. The fraction of sp³-hybridized carbons (Fsp3) is 1.00. The Hall–Kier alpha value is -0.200. The molecule has 5 nitrogen and oxygen atoms in total. The van der Waals surface area contributed by atoms with Gasteiger partial charge in [-0.25, -0.2) is 0 Å². The Balaban J connectivity index is 2.91. The van der Waals surface area contributed by atoms with Gasteiger partial charge in [-0.05, 0) is 0 Å². The normalized spacial score (nSPS) is 11.1. The summed E-state index contributed by atoms with van der Waals surface area (Å²) in [6.45, 7) is 7.47. The third kappa shape index (κ3) is 9.72. The van der Waals surface area contributed by atoms with Crippen LogP contribution in [-0.4, -0.2) is 56.1 Å². The lowest BCUT2D eigenvalue weighted by Gasteiger charge is -2.12. The van der Waals surface area contributed by atoms with Crippen LogP contribution < -0.4 is 16.4 Å². The van der Waals surface area contributed by atoms with Crippen molar-refractivity contribution in [3.63, 3.8) is 0 Å². The highest BCUT2D eigenvalue weighted by atomic mass is 16.5. The first kappa shape index (κ1) is 12.8. The summed E-state index contributed by atoms with van der Waals surface area (Å²) < 4.78 is 0. The minimum absolute atomic E-state index is 0.674. The molecule has 0 aromatic carbocycles. The zero-order valence-corrected chi connectivity index (χ0v) is 8.42. The molecule has 0 unspecified atom stereocenters. The highest BCUT2D eigenvalue weighted by molar-refractivity contribution is 4.53. The summed E-state index contributed by atoms with van der Waals surface area (Å²) in [5.41, 5.74) is 5.30. The van der Waals surface area contributed by atoms with Crippen molar-refractivity contribution in [3.05, 3.63) is 0 Å². The standard InChI is InChI=1S/C8H22N4O/c1-2-12(13)8-7-11-6-5-10-4-3-9/h10-11,13H,2-9H2,1H3. The Morgan fingerprint density at radius 3 is 2.31 bits per heavy atom. The molecule has 5 heteroatoms. The van der Waals surface area contributed by atoms with E-state index in [1.54, 1.807) is 0 Å². The molecular weight excluding hydrogens is 168 g/mol. The maximum atomic E-state index is 9.06. The first-order chi connectivity index (χ1) is 6.31. The highest BCUT2D eigenvalue weighted by Crippen LogP contribution is 1.76. The van der Waals surface area contributed by atoms with E-state index in [0.717, 1.165) is 26.2 Å². The van der Waals surface area contributed by atoms with Gasteiger partial charge in [-0.3, -0.25) is 0 Å². The Morgan fingerprint density at radius 1 is 1.15 bits per heavy atom. The predicted octanol–water partition coefficient (Wildman–Crippen LogP) is -1.16. The molecule has 80 valence electrons. The van der Waals surface area contributed by atoms with Crippen LogP contribution in [0.1, 0.15) is 6.92 Å². The van der Waals surface area contributed by atoms with Crippen molar-refractivity contribution >= 4 is 0 Å². The van der Waals surface area contributed by atoms with Gasteiger partial charge in [0.05, 0.1) is 0 Å². The quantitative estimate of drug-likeness (QED) is 0.272. The Kier molecular flexibility index (Phi) is 9.73. The van der Waals surface area contributed by atoms with E-state index in [9.17, 15) is 0 Å². The molecule has 0 bridgehead atoms. The lowest BCUT2D eigenvalue weighted by atomic mass is 10.5. The van der Waals surface area contributed by atoms with Gasteiger partial charge < -0.3 is 21.6 Å². The van der Waals surface area contributed by atoms with Crippen molar-refractivity contribution in [1.82, 2.24) is 15.7 Å². The first-order valence-electron chi connectivity index (χ1n) is 4.86. The molecule has 0 atom stereocenters. The number of nitrogens with zero attached hydrogens (tertiary/aromatic N) is 1. The molecule has 0 aromatic heterocycles. The summed E-state index contributed by atoms with van der Waals surface area (Å²) in [6, 6.07) is 0. The fourth-order valence-electron chi connectivity index (χ4n) is 0.895. The molecule has 0 aromatic rings. The van der Waals surface area contributed by atoms with E-state index in [4.69, 9.17) is 10.9 Å². The van der Waals surface area contributed by atoms with Gasteiger partial charge in [0.25, 0.3) is 0 Å². The number of nitrogens with one attached hydrogen (secondary N) is 2. The van der Waals surface area contributed by atoms with Crippen LogP contribution in [0.3, 0.4) is 0 Å². The smallest absolute Gasteiger partial charge is 0.0363 e. The van der Waals surface area contributed by atoms with Crippen LogP contribution in [0.15, 0.2) is 0 Å². The van der Waals surface area contributed by atoms with E-state index in [1.807, 2.05) is 6.92 Å². The summed E-state index contributed by atoms with van der Waals surface area (Å²) in [6.07, 6.45) is 0. The van der Waals surface area contributed by atoms with Gasteiger partial charge in [0.15, 0.2) is 0 Å². The van der Waals surface area contributed by atoms with Gasteiger partial charge in [-0.15, -0.1) is 0 Å². The average molecular weight is 190 g/mol. The van der Waals surface area contributed by atoms with Gasteiger partial charge in [-0.2, -0.15) is 5.06 Å². The molecule has 0 spiro atoms. The molecular formula is C8H22N4O. The summed E-state index contributed by atoms with van der Waals surface area (Å²) in [5.74, 6) is 0. The largest absolute Gasteiger partial charge is 0.329 e. The van der Waals surface area contributed by atoms with Crippen LogP contribution in [0.25, 0.3) is 0 Å². The summed E-state index contributed by atoms with van der Waals surface area (Å²) in [4.78, 5) is 0. The van der Waals surface area contributed by atoms with E-state index < -0.39 is 0 Å². The SMILES string of the molecule is CCN(O)CCNCCNCCN. The van der Waals surface area contributed by atoms with E-state index in [1.165, 1.54) is 5.06 Å².